The Morgan fingerprint density at radius 3 is 2.70 bits per heavy atom. The quantitative estimate of drug-likeness (QED) is 0.807. The zero-order valence-electron chi connectivity index (χ0n) is 14.0. The summed E-state index contributed by atoms with van der Waals surface area (Å²) >= 11 is 3.53. The first-order chi connectivity index (χ1) is 10.9. The standard InChI is InChI=1S/C17H22BrN3O2/c1-17(2,3)21-8-13(9-21)16-20-19-15(23-16)11-5-6-14(18)12(7-11)10-22-4/h5-7,13H,8-10H2,1-4H3. The number of likely N-dealkylation sites (tertiary alicyclic amines) is 1. The number of halogens is 1. The fourth-order valence-corrected chi connectivity index (χ4v) is 3.03. The van der Waals surface area contributed by atoms with Gasteiger partial charge in [-0.1, -0.05) is 15.9 Å². The van der Waals surface area contributed by atoms with Gasteiger partial charge in [-0.15, -0.1) is 10.2 Å². The van der Waals surface area contributed by atoms with Gasteiger partial charge in [-0.3, -0.25) is 4.90 Å². The summed E-state index contributed by atoms with van der Waals surface area (Å²) in [6.45, 7) is 9.16. The van der Waals surface area contributed by atoms with Crippen LogP contribution in [-0.4, -0.2) is 40.8 Å². The summed E-state index contributed by atoms with van der Waals surface area (Å²) < 4.78 is 12.1. The number of ether oxygens (including phenoxy) is 1. The maximum atomic E-state index is 5.90. The summed E-state index contributed by atoms with van der Waals surface area (Å²) in [6, 6.07) is 5.98. The molecule has 1 aromatic heterocycles. The van der Waals surface area contributed by atoms with Crippen LogP contribution in [0.15, 0.2) is 27.1 Å². The van der Waals surface area contributed by atoms with Gasteiger partial charge < -0.3 is 9.15 Å². The van der Waals surface area contributed by atoms with Crippen LogP contribution in [0, 0.1) is 0 Å². The zero-order valence-corrected chi connectivity index (χ0v) is 15.6. The minimum absolute atomic E-state index is 0.195. The maximum Gasteiger partial charge on any atom is 0.247 e. The molecule has 0 atom stereocenters. The predicted molar refractivity (Wildman–Crippen MR) is 92.2 cm³/mol. The molecule has 3 rings (SSSR count). The predicted octanol–water partition coefficient (Wildman–Crippen LogP) is 3.84. The zero-order chi connectivity index (χ0) is 16.6. The molecule has 0 bridgehead atoms. The lowest BCUT2D eigenvalue weighted by atomic mass is 9.92. The molecule has 0 amide bonds. The Labute approximate surface area is 145 Å². The van der Waals surface area contributed by atoms with Gasteiger partial charge >= 0.3 is 0 Å². The van der Waals surface area contributed by atoms with Crippen molar-refractivity contribution in [3.63, 3.8) is 0 Å². The fraction of sp³-hybridized carbons (Fsp3) is 0.529. The van der Waals surface area contributed by atoms with E-state index in [4.69, 9.17) is 9.15 Å². The lowest BCUT2D eigenvalue weighted by molar-refractivity contribution is 0.0377. The number of aromatic nitrogens is 2. The normalized spacial score (nSPS) is 16.6. The summed E-state index contributed by atoms with van der Waals surface area (Å²) in [5, 5.41) is 8.46. The summed E-state index contributed by atoms with van der Waals surface area (Å²) in [7, 11) is 1.68. The van der Waals surface area contributed by atoms with E-state index in [9.17, 15) is 0 Å². The minimum atomic E-state index is 0.195. The van der Waals surface area contributed by atoms with Gasteiger partial charge in [0.2, 0.25) is 11.8 Å². The number of hydrogen-bond acceptors (Lipinski definition) is 5. The van der Waals surface area contributed by atoms with Crippen molar-refractivity contribution in [2.75, 3.05) is 20.2 Å². The van der Waals surface area contributed by atoms with E-state index in [0.29, 0.717) is 18.4 Å². The van der Waals surface area contributed by atoms with Gasteiger partial charge in [0.05, 0.1) is 12.5 Å². The molecule has 0 radical (unpaired) electrons. The molecule has 5 nitrogen and oxygen atoms in total. The van der Waals surface area contributed by atoms with Crippen molar-refractivity contribution in [1.82, 2.24) is 15.1 Å². The molecule has 0 unspecified atom stereocenters. The minimum Gasteiger partial charge on any atom is -0.420 e. The first-order valence-corrected chi connectivity index (χ1v) is 8.54. The topological polar surface area (TPSA) is 51.4 Å². The highest BCUT2D eigenvalue weighted by Gasteiger charge is 2.38. The monoisotopic (exact) mass is 379 g/mol. The van der Waals surface area contributed by atoms with Gasteiger partial charge in [-0.05, 0) is 44.5 Å². The smallest absolute Gasteiger partial charge is 0.247 e. The van der Waals surface area contributed by atoms with E-state index < -0.39 is 0 Å². The average molecular weight is 380 g/mol. The molecule has 0 saturated carbocycles. The van der Waals surface area contributed by atoms with E-state index in [-0.39, 0.29) is 5.54 Å². The molecule has 1 aliphatic rings. The average Bonchev–Trinajstić information content (AvgIpc) is 2.87. The van der Waals surface area contributed by atoms with Gasteiger partial charge in [0.15, 0.2) is 0 Å². The van der Waals surface area contributed by atoms with Crippen LogP contribution in [0.2, 0.25) is 0 Å². The molecule has 1 saturated heterocycles. The maximum absolute atomic E-state index is 5.90. The Balaban J connectivity index is 1.74. The molecule has 124 valence electrons. The van der Waals surface area contributed by atoms with Gasteiger partial charge in [0, 0.05) is 35.8 Å². The molecule has 1 aliphatic heterocycles. The molecule has 1 fully saturated rings. The van der Waals surface area contributed by atoms with Crippen LogP contribution in [0.3, 0.4) is 0 Å². The molecular formula is C17H22BrN3O2. The molecule has 0 spiro atoms. The van der Waals surface area contributed by atoms with Crippen LogP contribution >= 0.6 is 15.9 Å². The van der Waals surface area contributed by atoms with E-state index in [0.717, 1.165) is 34.6 Å². The lowest BCUT2D eigenvalue weighted by Gasteiger charge is -2.46. The third kappa shape index (κ3) is 3.49. The van der Waals surface area contributed by atoms with Crippen LogP contribution in [0.4, 0.5) is 0 Å². The third-order valence-electron chi connectivity index (χ3n) is 4.21. The second-order valence-electron chi connectivity index (χ2n) is 6.96. The van der Waals surface area contributed by atoms with Gasteiger partial charge in [0.25, 0.3) is 0 Å². The summed E-state index contributed by atoms with van der Waals surface area (Å²) in [4.78, 5) is 2.41. The Kier molecular flexibility index (Phi) is 4.58. The van der Waals surface area contributed by atoms with Gasteiger partial charge in [0.1, 0.15) is 0 Å². The lowest BCUT2D eigenvalue weighted by Crippen LogP contribution is -2.54. The van der Waals surface area contributed by atoms with Gasteiger partial charge in [-0.2, -0.15) is 0 Å². The highest BCUT2D eigenvalue weighted by Crippen LogP contribution is 2.33. The van der Waals surface area contributed by atoms with Crippen LogP contribution < -0.4 is 0 Å². The number of nitrogens with zero attached hydrogens (tertiary/aromatic N) is 3. The number of methoxy groups -OCH3 is 1. The summed E-state index contributed by atoms with van der Waals surface area (Å²) in [6.07, 6.45) is 0. The Bertz CT molecular complexity index is 687. The third-order valence-corrected chi connectivity index (χ3v) is 4.99. The Morgan fingerprint density at radius 2 is 2.04 bits per heavy atom. The molecular weight excluding hydrogens is 358 g/mol. The highest BCUT2D eigenvalue weighted by atomic mass is 79.9. The van der Waals surface area contributed by atoms with Crippen molar-refractivity contribution >= 4 is 15.9 Å². The molecule has 1 aromatic carbocycles. The Hall–Kier alpha value is -1.24. The van der Waals surface area contributed by atoms with Crippen molar-refractivity contribution in [3.8, 4) is 11.5 Å². The molecule has 6 heteroatoms. The molecule has 2 aromatic rings. The highest BCUT2D eigenvalue weighted by molar-refractivity contribution is 9.10. The number of rotatable bonds is 4. The van der Waals surface area contributed by atoms with Crippen LogP contribution in [0.25, 0.3) is 11.5 Å². The van der Waals surface area contributed by atoms with E-state index in [1.54, 1.807) is 7.11 Å². The fourth-order valence-electron chi connectivity index (χ4n) is 2.67. The molecule has 0 aliphatic carbocycles. The first-order valence-electron chi connectivity index (χ1n) is 7.74. The second kappa shape index (κ2) is 6.34. The second-order valence-corrected chi connectivity index (χ2v) is 7.81. The SMILES string of the molecule is COCc1cc(-c2nnc(C3CN(C(C)(C)C)C3)o2)ccc1Br. The molecule has 2 heterocycles. The molecule has 23 heavy (non-hydrogen) atoms. The van der Waals surface area contributed by atoms with E-state index >= 15 is 0 Å². The van der Waals surface area contributed by atoms with Crippen molar-refractivity contribution < 1.29 is 9.15 Å². The molecule has 0 N–H and O–H groups in total. The van der Waals surface area contributed by atoms with Crippen LogP contribution in [0.5, 0.6) is 0 Å². The largest absolute Gasteiger partial charge is 0.420 e. The number of hydrogen-bond donors (Lipinski definition) is 0. The van der Waals surface area contributed by atoms with Crippen molar-refractivity contribution in [1.29, 1.82) is 0 Å². The Morgan fingerprint density at radius 1 is 1.30 bits per heavy atom. The van der Waals surface area contributed by atoms with E-state index in [1.807, 2.05) is 18.2 Å². The van der Waals surface area contributed by atoms with Crippen molar-refractivity contribution in [2.24, 2.45) is 0 Å². The van der Waals surface area contributed by atoms with Crippen LogP contribution in [-0.2, 0) is 11.3 Å². The first kappa shape index (κ1) is 16.6. The van der Waals surface area contributed by atoms with Gasteiger partial charge in [-0.25, -0.2) is 0 Å². The van der Waals surface area contributed by atoms with Crippen LogP contribution in [0.1, 0.15) is 38.1 Å². The van der Waals surface area contributed by atoms with E-state index in [1.165, 1.54) is 0 Å². The van der Waals surface area contributed by atoms with Crippen molar-refractivity contribution in [3.05, 3.63) is 34.1 Å². The van der Waals surface area contributed by atoms with E-state index in [2.05, 4.69) is 51.8 Å². The number of benzene rings is 1. The van der Waals surface area contributed by atoms with Crippen molar-refractivity contribution in [2.45, 2.75) is 38.8 Å². The summed E-state index contributed by atoms with van der Waals surface area (Å²) in [5.74, 6) is 1.64. The summed E-state index contributed by atoms with van der Waals surface area (Å²) in [5.41, 5.74) is 2.18.